The summed E-state index contributed by atoms with van der Waals surface area (Å²) in [5.74, 6) is 1.41. The Hall–Kier alpha value is -3.67. The fraction of sp³-hybridized carbons (Fsp3) is 0.286. The smallest absolute Gasteiger partial charge is 0.227 e. The highest BCUT2D eigenvalue weighted by Crippen LogP contribution is 2.33. The molecule has 1 aromatic heterocycles. The summed E-state index contributed by atoms with van der Waals surface area (Å²) in [6, 6.07) is 20.5. The van der Waals surface area contributed by atoms with E-state index in [0.29, 0.717) is 25.3 Å². The molecule has 3 aromatic carbocycles. The number of benzene rings is 3. The van der Waals surface area contributed by atoms with Crippen LogP contribution in [0.5, 0.6) is 5.75 Å². The second-order valence-corrected chi connectivity index (χ2v) is 8.97. The first kappa shape index (κ1) is 22.1. The molecule has 0 radical (unpaired) electrons. The lowest BCUT2D eigenvalue weighted by atomic mass is 10.1. The Bertz CT molecular complexity index is 1350. The molecule has 5 nitrogen and oxygen atoms in total. The van der Waals surface area contributed by atoms with E-state index in [4.69, 9.17) is 9.72 Å². The van der Waals surface area contributed by atoms with Gasteiger partial charge in [0.25, 0.3) is 0 Å². The second kappa shape index (κ2) is 9.29. The standard InChI is InChI=1S/C28H28FN3O2/c1-19-11-12-26(20(2)15-19)34-14-6-13-31-25-10-4-3-9-24(25)30-28(31)21-16-27(33)32(18-21)23-8-5-7-22(29)17-23/h3-5,7-12,15,17,21H,6,13-14,16,18H2,1-2H3. The number of hydrogen-bond donors (Lipinski definition) is 0. The number of imidazole rings is 1. The van der Waals surface area contributed by atoms with E-state index >= 15 is 0 Å². The van der Waals surface area contributed by atoms with Crippen LogP contribution in [0.1, 0.15) is 35.7 Å². The minimum Gasteiger partial charge on any atom is -0.493 e. The number of aromatic nitrogens is 2. The molecule has 5 rings (SSSR count). The van der Waals surface area contributed by atoms with Gasteiger partial charge in [-0.2, -0.15) is 0 Å². The SMILES string of the molecule is Cc1ccc(OCCCn2c(C3CC(=O)N(c4cccc(F)c4)C3)nc3ccccc32)c(C)c1. The molecule has 0 spiro atoms. The molecule has 1 saturated heterocycles. The summed E-state index contributed by atoms with van der Waals surface area (Å²) in [7, 11) is 0. The molecule has 6 heteroatoms. The van der Waals surface area contributed by atoms with Gasteiger partial charge < -0.3 is 14.2 Å². The Kier molecular flexibility index (Phi) is 6.05. The fourth-order valence-electron chi connectivity index (χ4n) is 4.78. The second-order valence-electron chi connectivity index (χ2n) is 8.97. The number of fused-ring (bicyclic) bond motifs is 1. The first-order valence-electron chi connectivity index (χ1n) is 11.7. The van der Waals surface area contributed by atoms with Gasteiger partial charge in [-0.1, -0.05) is 35.9 Å². The van der Waals surface area contributed by atoms with Gasteiger partial charge in [-0.3, -0.25) is 4.79 Å². The molecule has 1 aliphatic rings. The summed E-state index contributed by atoms with van der Waals surface area (Å²) < 4.78 is 22.0. The van der Waals surface area contributed by atoms with Crippen molar-refractivity contribution in [2.75, 3.05) is 18.1 Å². The van der Waals surface area contributed by atoms with Crippen molar-refractivity contribution >= 4 is 22.6 Å². The number of ether oxygens (including phenoxy) is 1. The maximum Gasteiger partial charge on any atom is 0.227 e. The van der Waals surface area contributed by atoms with Gasteiger partial charge in [-0.05, 0) is 62.2 Å². The van der Waals surface area contributed by atoms with E-state index in [0.717, 1.165) is 41.1 Å². The normalized spacial score (nSPS) is 15.9. The van der Waals surface area contributed by atoms with Crippen LogP contribution in [-0.4, -0.2) is 28.6 Å². The maximum absolute atomic E-state index is 13.7. The van der Waals surface area contributed by atoms with Crippen molar-refractivity contribution < 1.29 is 13.9 Å². The van der Waals surface area contributed by atoms with Crippen LogP contribution in [0.3, 0.4) is 0 Å². The summed E-state index contributed by atoms with van der Waals surface area (Å²) in [6.07, 6.45) is 1.17. The number of para-hydroxylation sites is 2. The molecule has 34 heavy (non-hydrogen) atoms. The third kappa shape index (κ3) is 4.40. The lowest BCUT2D eigenvalue weighted by Crippen LogP contribution is -2.24. The number of carbonyl (C=O) groups is 1. The highest BCUT2D eigenvalue weighted by Gasteiger charge is 2.34. The third-order valence-electron chi connectivity index (χ3n) is 6.41. The van der Waals surface area contributed by atoms with Gasteiger partial charge in [-0.15, -0.1) is 0 Å². The van der Waals surface area contributed by atoms with E-state index in [9.17, 15) is 9.18 Å². The van der Waals surface area contributed by atoms with Crippen molar-refractivity contribution in [3.63, 3.8) is 0 Å². The number of nitrogens with zero attached hydrogens (tertiary/aromatic N) is 3. The van der Waals surface area contributed by atoms with Crippen molar-refractivity contribution in [1.82, 2.24) is 9.55 Å². The summed E-state index contributed by atoms with van der Waals surface area (Å²) in [5, 5.41) is 0. The lowest BCUT2D eigenvalue weighted by molar-refractivity contribution is -0.117. The average Bonchev–Trinajstić information content (AvgIpc) is 3.38. The monoisotopic (exact) mass is 457 g/mol. The first-order valence-corrected chi connectivity index (χ1v) is 11.7. The molecule has 2 heterocycles. The number of aryl methyl sites for hydroxylation is 3. The predicted molar refractivity (Wildman–Crippen MR) is 132 cm³/mol. The van der Waals surface area contributed by atoms with Gasteiger partial charge in [0.1, 0.15) is 17.4 Å². The van der Waals surface area contributed by atoms with Crippen molar-refractivity contribution in [3.8, 4) is 5.75 Å². The molecule has 4 aromatic rings. The highest BCUT2D eigenvalue weighted by atomic mass is 19.1. The molecular formula is C28H28FN3O2. The Morgan fingerprint density at radius 1 is 1.06 bits per heavy atom. The number of anilines is 1. The van der Waals surface area contributed by atoms with Gasteiger partial charge in [0.05, 0.1) is 17.6 Å². The Morgan fingerprint density at radius 2 is 1.91 bits per heavy atom. The lowest BCUT2D eigenvalue weighted by Gasteiger charge is -2.17. The summed E-state index contributed by atoms with van der Waals surface area (Å²) in [6.45, 7) is 5.96. The van der Waals surface area contributed by atoms with E-state index in [1.807, 2.05) is 24.3 Å². The van der Waals surface area contributed by atoms with E-state index in [-0.39, 0.29) is 17.6 Å². The number of amides is 1. The van der Waals surface area contributed by atoms with Crippen molar-refractivity contribution in [2.24, 2.45) is 0 Å². The Morgan fingerprint density at radius 3 is 2.74 bits per heavy atom. The molecule has 1 aliphatic heterocycles. The van der Waals surface area contributed by atoms with Crippen LogP contribution in [0.2, 0.25) is 0 Å². The van der Waals surface area contributed by atoms with E-state index < -0.39 is 0 Å². The highest BCUT2D eigenvalue weighted by molar-refractivity contribution is 5.96. The number of carbonyl (C=O) groups excluding carboxylic acids is 1. The minimum atomic E-state index is -0.343. The number of rotatable bonds is 7. The van der Waals surface area contributed by atoms with E-state index in [1.54, 1.807) is 17.0 Å². The first-order chi connectivity index (χ1) is 16.5. The summed E-state index contributed by atoms with van der Waals surface area (Å²) >= 11 is 0. The zero-order valence-corrected chi connectivity index (χ0v) is 19.5. The molecular weight excluding hydrogens is 429 g/mol. The van der Waals surface area contributed by atoms with Crippen LogP contribution in [0.15, 0.2) is 66.7 Å². The van der Waals surface area contributed by atoms with Crippen molar-refractivity contribution in [3.05, 3.63) is 89.5 Å². The van der Waals surface area contributed by atoms with Crippen LogP contribution >= 0.6 is 0 Å². The average molecular weight is 458 g/mol. The van der Waals surface area contributed by atoms with Crippen LogP contribution < -0.4 is 9.64 Å². The van der Waals surface area contributed by atoms with Gasteiger partial charge in [0.15, 0.2) is 0 Å². The fourth-order valence-corrected chi connectivity index (χ4v) is 4.78. The predicted octanol–water partition coefficient (Wildman–Crippen LogP) is 5.78. The molecule has 1 fully saturated rings. The number of hydrogen-bond acceptors (Lipinski definition) is 3. The summed E-state index contributed by atoms with van der Waals surface area (Å²) in [4.78, 5) is 19.4. The third-order valence-corrected chi connectivity index (χ3v) is 6.41. The molecule has 0 N–H and O–H groups in total. The Labute approximate surface area is 198 Å². The number of halogens is 1. The zero-order chi connectivity index (χ0) is 23.7. The molecule has 0 bridgehead atoms. The molecule has 0 saturated carbocycles. The van der Waals surface area contributed by atoms with Crippen LogP contribution in [0, 0.1) is 19.7 Å². The van der Waals surface area contributed by atoms with Gasteiger partial charge in [0, 0.05) is 31.1 Å². The molecule has 1 unspecified atom stereocenters. The van der Waals surface area contributed by atoms with Crippen molar-refractivity contribution in [2.45, 2.75) is 39.2 Å². The minimum absolute atomic E-state index is 0.00705. The van der Waals surface area contributed by atoms with Crippen LogP contribution in [0.4, 0.5) is 10.1 Å². The molecule has 1 atom stereocenters. The Balaban J connectivity index is 1.34. The van der Waals surface area contributed by atoms with E-state index in [1.165, 1.54) is 17.7 Å². The molecule has 0 aliphatic carbocycles. The van der Waals surface area contributed by atoms with Crippen molar-refractivity contribution in [1.29, 1.82) is 0 Å². The van der Waals surface area contributed by atoms with Gasteiger partial charge >= 0.3 is 0 Å². The zero-order valence-electron chi connectivity index (χ0n) is 19.5. The quantitative estimate of drug-likeness (QED) is 0.331. The van der Waals surface area contributed by atoms with E-state index in [2.05, 4.69) is 36.6 Å². The van der Waals surface area contributed by atoms with Gasteiger partial charge in [-0.25, -0.2) is 9.37 Å². The molecule has 174 valence electrons. The molecule has 1 amide bonds. The maximum atomic E-state index is 13.7. The van der Waals surface area contributed by atoms with Crippen LogP contribution in [-0.2, 0) is 11.3 Å². The summed E-state index contributed by atoms with van der Waals surface area (Å²) in [5.41, 5.74) is 4.93. The largest absolute Gasteiger partial charge is 0.493 e. The van der Waals surface area contributed by atoms with Gasteiger partial charge in [0.2, 0.25) is 5.91 Å². The topological polar surface area (TPSA) is 47.4 Å². The van der Waals surface area contributed by atoms with Crippen LogP contribution in [0.25, 0.3) is 11.0 Å².